The fourth-order valence-electron chi connectivity index (χ4n) is 2.12. The lowest BCUT2D eigenvalue weighted by Gasteiger charge is -2.11. The van der Waals surface area contributed by atoms with Gasteiger partial charge in [-0.2, -0.15) is 0 Å². The molecule has 0 saturated carbocycles. The van der Waals surface area contributed by atoms with E-state index in [1.807, 2.05) is 0 Å². The molecule has 2 aromatic carbocycles. The van der Waals surface area contributed by atoms with Crippen molar-refractivity contribution < 1.29 is 14.4 Å². The zero-order chi connectivity index (χ0) is 17.5. The summed E-state index contributed by atoms with van der Waals surface area (Å²) < 4.78 is 0. The van der Waals surface area contributed by atoms with Crippen molar-refractivity contribution in [2.75, 3.05) is 24.2 Å². The highest BCUT2D eigenvalue weighted by Crippen LogP contribution is 2.14. The van der Waals surface area contributed by atoms with Gasteiger partial charge in [0.25, 0.3) is 11.8 Å². The van der Waals surface area contributed by atoms with Crippen molar-refractivity contribution in [3.63, 3.8) is 0 Å². The third-order valence-electron chi connectivity index (χ3n) is 3.27. The molecule has 0 bridgehead atoms. The lowest BCUT2D eigenvalue weighted by molar-refractivity contribution is -0.114. The number of hydrogen-bond acceptors (Lipinski definition) is 4. The summed E-state index contributed by atoms with van der Waals surface area (Å²) in [5.41, 5.74) is 7.03. The van der Waals surface area contributed by atoms with Gasteiger partial charge in [-0.25, -0.2) is 0 Å². The summed E-state index contributed by atoms with van der Waals surface area (Å²) in [7, 11) is 1.54. The molecular weight excluding hydrogens is 308 g/mol. The van der Waals surface area contributed by atoms with Crippen molar-refractivity contribution in [1.29, 1.82) is 0 Å². The van der Waals surface area contributed by atoms with Gasteiger partial charge in [-0.05, 0) is 30.3 Å². The minimum atomic E-state index is -0.572. The van der Waals surface area contributed by atoms with E-state index in [2.05, 4.69) is 16.0 Å². The number of nitrogens with one attached hydrogen (secondary N) is 3. The van der Waals surface area contributed by atoms with E-state index < -0.39 is 5.91 Å². The Morgan fingerprint density at radius 3 is 2.50 bits per heavy atom. The van der Waals surface area contributed by atoms with Crippen LogP contribution in [-0.4, -0.2) is 31.3 Å². The van der Waals surface area contributed by atoms with Crippen LogP contribution in [0.1, 0.15) is 20.7 Å². The maximum absolute atomic E-state index is 12.0. The number of benzene rings is 2. The van der Waals surface area contributed by atoms with Gasteiger partial charge in [0, 0.05) is 24.0 Å². The van der Waals surface area contributed by atoms with Gasteiger partial charge >= 0.3 is 0 Å². The van der Waals surface area contributed by atoms with Crippen LogP contribution in [0.3, 0.4) is 0 Å². The Morgan fingerprint density at radius 2 is 1.79 bits per heavy atom. The summed E-state index contributed by atoms with van der Waals surface area (Å²) in [5, 5.41) is 8.07. The molecule has 0 saturated heterocycles. The van der Waals surface area contributed by atoms with Crippen LogP contribution in [-0.2, 0) is 4.79 Å². The fraction of sp³-hybridized carbons (Fsp3) is 0.118. The maximum atomic E-state index is 12.0. The van der Waals surface area contributed by atoms with Gasteiger partial charge in [0.1, 0.15) is 0 Å². The Morgan fingerprint density at radius 1 is 1.04 bits per heavy atom. The average molecular weight is 326 g/mol. The van der Waals surface area contributed by atoms with Crippen LogP contribution in [0.5, 0.6) is 0 Å². The summed E-state index contributed by atoms with van der Waals surface area (Å²) in [6.45, 7) is -0.0471. The van der Waals surface area contributed by atoms with Crippen molar-refractivity contribution in [3.8, 4) is 0 Å². The van der Waals surface area contributed by atoms with E-state index in [1.54, 1.807) is 48.5 Å². The molecule has 2 aromatic rings. The molecule has 124 valence electrons. The van der Waals surface area contributed by atoms with Crippen LogP contribution in [0.15, 0.2) is 48.5 Å². The van der Waals surface area contributed by atoms with Gasteiger partial charge in [-0.1, -0.05) is 18.2 Å². The lowest BCUT2D eigenvalue weighted by Crippen LogP contribution is -2.24. The normalized spacial score (nSPS) is 9.88. The van der Waals surface area contributed by atoms with Gasteiger partial charge in [0.2, 0.25) is 5.91 Å². The highest BCUT2D eigenvalue weighted by atomic mass is 16.2. The third-order valence-corrected chi connectivity index (χ3v) is 3.27. The Kier molecular flexibility index (Phi) is 5.51. The second kappa shape index (κ2) is 7.77. The first-order chi connectivity index (χ1) is 11.5. The lowest BCUT2D eigenvalue weighted by atomic mass is 10.1. The number of rotatable bonds is 6. The molecule has 24 heavy (non-hydrogen) atoms. The fourth-order valence-corrected chi connectivity index (χ4v) is 2.12. The van der Waals surface area contributed by atoms with Crippen LogP contribution >= 0.6 is 0 Å². The summed E-state index contributed by atoms with van der Waals surface area (Å²) >= 11 is 0. The molecule has 3 amide bonds. The van der Waals surface area contributed by atoms with Gasteiger partial charge < -0.3 is 21.7 Å². The second-order valence-electron chi connectivity index (χ2n) is 4.97. The Balaban J connectivity index is 1.99. The highest BCUT2D eigenvalue weighted by Gasteiger charge is 2.09. The van der Waals surface area contributed by atoms with Gasteiger partial charge in [0.15, 0.2) is 0 Å². The number of primary amides is 1. The summed E-state index contributed by atoms with van der Waals surface area (Å²) in [6, 6.07) is 13.3. The van der Waals surface area contributed by atoms with E-state index in [-0.39, 0.29) is 18.4 Å². The van der Waals surface area contributed by atoms with Gasteiger partial charge in [0.05, 0.1) is 12.1 Å². The smallest absolute Gasteiger partial charge is 0.251 e. The Hall–Kier alpha value is -3.35. The van der Waals surface area contributed by atoms with Crippen molar-refractivity contribution >= 4 is 29.1 Å². The van der Waals surface area contributed by atoms with E-state index in [0.29, 0.717) is 22.5 Å². The first kappa shape index (κ1) is 17.0. The number of carbonyl (C=O) groups is 3. The monoisotopic (exact) mass is 326 g/mol. The Labute approximate surface area is 139 Å². The van der Waals surface area contributed by atoms with E-state index >= 15 is 0 Å². The van der Waals surface area contributed by atoms with Crippen LogP contribution in [0.2, 0.25) is 0 Å². The SMILES string of the molecule is CNC(=O)c1cccc(NC(=O)CNc2ccccc2C(N)=O)c1. The first-order valence-electron chi connectivity index (χ1n) is 7.26. The van der Waals surface area contributed by atoms with E-state index in [9.17, 15) is 14.4 Å². The molecular formula is C17H18N4O3. The van der Waals surface area contributed by atoms with E-state index in [1.165, 1.54) is 7.05 Å². The molecule has 0 aliphatic rings. The molecule has 0 radical (unpaired) electrons. The zero-order valence-corrected chi connectivity index (χ0v) is 13.1. The molecule has 0 aliphatic carbocycles. The molecule has 0 aliphatic heterocycles. The predicted molar refractivity (Wildman–Crippen MR) is 91.9 cm³/mol. The number of nitrogens with two attached hydrogens (primary N) is 1. The number of para-hydroxylation sites is 1. The number of amides is 3. The van der Waals surface area contributed by atoms with Crippen molar-refractivity contribution in [3.05, 3.63) is 59.7 Å². The molecule has 7 nitrogen and oxygen atoms in total. The quantitative estimate of drug-likeness (QED) is 0.638. The van der Waals surface area contributed by atoms with Crippen molar-refractivity contribution in [1.82, 2.24) is 5.32 Å². The molecule has 0 fully saturated rings. The predicted octanol–water partition coefficient (Wildman–Crippen LogP) is 1.20. The Bertz CT molecular complexity index is 774. The largest absolute Gasteiger partial charge is 0.376 e. The summed E-state index contributed by atoms with van der Waals surface area (Å²) in [5.74, 6) is -1.13. The third kappa shape index (κ3) is 4.33. The van der Waals surface area contributed by atoms with Crippen LogP contribution in [0, 0.1) is 0 Å². The summed E-state index contributed by atoms with van der Waals surface area (Å²) in [6.07, 6.45) is 0. The molecule has 0 spiro atoms. The minimum Gasteiger partial charge on any atom is -0.376 e. The molecule has 5 N–H and O–H groups in total. The van der Waals surface area contributed by atoms with Crippen molar-refractivity contribution in [2.45, 2.75) is 0 Å². The molecule has 0 unspecified atom stereocenters. The van der Waals surface area contributed by atoms with Crippen LogP contribution in [0.25, 0.3) is 0 Å². The highest BCUT2D eigenvalue weighted by molar-refractivity contribution is 6.00. The van der Waals surface area contributed by atoms with E-state index in [0.717, 1.165) is 0 Å². The van der Waals surface area contributed by atoms with Gasteiger partial charge in [-0.3, -0.25) is 14.4 Å². The van der Waals surface area contributed by atoms with Crippen LogP contribution in [0.4, 0.5) is 11.4 Å². The zero-order valence-electron chi connectivity index (χ0n) is 13.1. The minimum absolute atomic E-state index is 0.0471. The molecule has 2 rings (SSSR count). The maximum Gasteiger partial charge on any atom is 0.251 e. The number of carbonyl (C=O) groups excluding carboxylic acids is 3. The standard InChI is InChI=1S/C17H18N4O3/c1-19-17(24)11-5-4-6-12(9-11)21-15(22)10-20-14-8-3-2-7-13(14)16(18)23/h2-9,20H,10H2,1H3,(H2,18,23)(H,19,24)(H,21,22). The molecule has 0 atom stereocenters. The van der Waals surface area contributed by atoms with E-state index in [4.69, 9.17) is 5.73 Å². The molecule has 7 heteroatoms. The average Bonchev–Trinajstić information content (AvgIpc) is 2.59. The second-order valence-corrected chi connectivity index (χ2v) is 4.97. The van der Waals surface area contributed by atoms with Crippen LogP contribution < -0.4 is 21.7 Å². The van der Waals surface area contributed by atoms with Gasteiger partial charge in [-0.15, -0.1) is 0 Å². The number of anilines is 2. The molecule has 0 aromatic heterocycles. The van der Waals surface area contributed by atoms with Crippen molar-refractivity contribution in [2.24, 2.45) is 5.73 Å². The topological polar surface area (TPSA) is 113 Å². The first-order valence-corrected chi connectivity index (χ1v) is 7.26. The molecule has 0 heterocycles. The summed E-state index contributed by atoms with van der Waals surface area (Å²) in [4.78, 5) is 34.9. The number of hydrogen-bond donors (Lipinski definition) is 4.